The lowest BCUT2D eigenvalue weighted by atomic mass is 10.2. The van der Waals surface area contributed by atoms with Crippen molar-refractivity contribution < 1.29 is 0 Å². The second-order valence-electron chi connectivity index (χ2n) is 4.89. The van der Waals surface area contributed by atoms with E-state index >= 15 is 0 Å². The van der Waals surface area contributed by atoms with Crippen LogP contribution in [0.4, 0.5) is 0 Å². The Bertz CT molecular complexity index is 372. The highest BCUT2D eigenvalue weighted by molar-refractivity contribution is 7.99. The number of thioether (sulfide) groups is 1. The van der Waals surface area contributed by atoms with Crippen molar-refractivity contribution in [2.75, 3.05) is 11.5 Å². The molecule has 0 aliphatic heterocycles. The van der Waals surface area contributed by atoms with E-state index in [1.807, 2.05) is 23.1 Å². The fourth-order valence-corrected chi connectivity index (χ4v) is 3.88. The van der Waals surface area contributed by atoms with Gasteiger partial charge in [-0.2, -0.15) is 11.8 Å². The molecule has 1 atom stereocenters. The van der Waals surface area contributed by atoms with Crippen LogP contribution in [0.1, 0.15) is 54.7 Å². The molecule has 18 heavy (non-hydrogen) atoms. The topological polar surface area (TPSA) is 24.9 Å². The molecule has 0 amide bonds. The number of hydrogen-bond donors (Lipinski definition) is 1. The highest BCUT2D eigenvalue weighted by Crippen LogP contribution is 2.30. The van der Waals surface area contributed by atoms with Crippen molar-refractivity contribution in [1.82, 2.24) is 10.3 Å². The molecule has 0 spiro atoms. The fraction of sp³-hybridized carbons (Fsp3) is 0.786. The van der Waals surface area contributed by atoms with Crippen molar-refractivity contribution in [3.05, 3.63) is 15.6 Å². The van der Waals surface area contributed by atoms with Crippen LogP contribution in [0.25, 0.3) is 0 Å². The van der Waals surface area contributed by atoms with Gasteiger partial charge in [-0.3, -0.25) is 0 Å². The van der Waals surface area contributed by atoms with E-state index in [-0.39, 0.29) is 0 Å². The maximum Gasteiger partial charge on any atom is 0.110 e. The third kappa shape index (κ3) is 3.97. The molecule has 102 valence electrons. The molecule has 1 unspecified atom stereocenters. The molecule has 1 N–H and O–H groups in total. The maximum atomic E-state index is 4.83. The highest BCUT2D eigenvalue weighted by atomic mass is 32.2. The van der Waals surface area contributed by atoms with E-state index in [9.17, 15) is 0 Å². The van der Waals surface area contributed by atoms with Gasteiger partial charge in [-0.1, -0.05) is 13.8 Å². The molecule has 1 aliphatic rings. The van der Waals surface area contributed by atoms with Crippen molar-refractivity contribution in [1.29, 1.82) is 0 Å². The van der Waals surface area contributed by atoms with Crippen LogP contribution < -0.4 is 5.32 Å². The first-order chi connectivity index (χ1) is 8.74. The van der Waals surface area contributed by atoms with Crippen LogP contribution in [0, 0.1) is 6.92 Å². The van der Waals surface area contributed by atoms with Gasteiger partial charge < -0.3 is 5.32 Å². The van der Waals surface area contributed by atoms with Crippen LogP contribution in [-0.2, 0) is 6.42 Å². The van der Waals surface area contributed by atoms with Crippen LogP contribution >= 0.6 is 23.1 Å². The SMILES string of the molecule is CCSCCC(NC1CC1)c1nc(CC)c(C)s1. The Morgan fingerprint density at radius 2 is 2.22 bits per heavy atom. The van der Waals surface area contributed by atoms with Gasteiger partial charge in [0.25, 0.3) is 0 Å². The first-order valence-electron chi connectivity index (χ1n) is 7.04. The lowest BCUT2D eigenvalue weighted by molar-refractivity contribution is 0.516. The van der Waals surface area contributed by atoms with Gasteiger partial charge in [0.05, 0.1) is 11.7 Å². The van der Waals surface area contributed by atoms with E-state index in [1.165, 1.54) is 46.3 Å². The molecule has 2 nitrogen and oxygen atoms in total. The number of hydrogen-bond acceptors (Lipinski definition) is 4. The molecule has 0 saturated heterocycles. The lowest BCUT2D eigenvalue weighted by Gasteiger charge is -2.15. The summed E-state index contributed by atoms with van der Waals surface area (Å²) < 4.78 is 0. The molecule has 0 radical (unpaired) electrons. The van der Waals surface area contributed by atoms with Crippen LogP contribution in [0.5, 0.6) is 0 Å². The first kappa shape index (κ1) is 14.4. The predicted octanol–water partition coefficient (Wildman–Crippen LogP) is 3.95. The number of thiazole rings is 1. The number of nitrogens with zero attached hydrogens (tertiary/aromatic N) is 1. The summed E-state index contributed by atoms with van der Waals surface area (Å²) >= 11 is 3.92. The van der Waals surface area contributed by atoms with Gasteiger partial charge in [0.15, 0.2) is 0 Å². The third-order valence-corrected chi connectivity index (χ3v) is 5.37. The minimum Gasteiger partial charge on any atom is -0.305 e. The summed E-state index contributed by atoms with van der Waals surface area (Å²) in [5.74, 6) is 2.45. The summed E-state index contributed by atoms with van der Waals surface area (Å²) in [6, 6.07) is 1.25. The standard InChI is InChI=1S/C14H24N2S2/c1-4-12-10(3)18-14(16-12)13(8-9-17-5-2)15-11-6-7-11/h11,13,15H,4-9H2,1-3H3. The monoisotopic (exact) mass is 284 g/mol. The Morgan fingerprint density at radius 3 is 2.78 bits per heavy atom. The molecule has 1 aromatic rings. The number of aryl methyl sites for hydroxylation is 2. The predicted molar refractivity (Wildman–Crippen MR) is 82.7 cm³/mol. The van der Waals surface area contributed by atoms with Crippen molar-refractivity contribution in [3.63, 3.8) is 0 Å². The van der Waals surface area contributed by atoms with Gasteiger partial charge in [-0.25, -0.2) is 4.98 Å². The average Bonchev–Trinajstić information content (AvgIpc) is 3.10. The number of aromatic nitrogens is 1. The summed E-state index contributed by atoms with van der Waals surface area (Å²) in [7, 11) is 0. The zero-order chi connectivity index (χ0) is 13.0. The third-order valence-electron chi connectivity index (χ3n) is 3.31. The zero-order valence-corrected chi connectivity index (χ0v) is 13.3. The van der Waals surface area contributed by atoms with E-state index in [4.69, 9.17) is 4.98 Å². The number of rotatable bonds is 8. The Labute approximate surface area is 119 Å². The molecule has 1 aromatic heterocycles. The molecule has 0 aromatic carbocycles. The van der Waals surface area contributed by atoms with E-state index in [0.29, 0.717) is 6.04 Å². The Balaban J connectivity index is 2.00. The van der Waals surface area contributed by atoms with Gasteiger partial charge in [0.1, 0.15) is 5.01 Å². The normalized spacial score (nSPS) is 17.1. The number of nitrogens with one attached hydrogen (secondary N) is 1. The summed E-state index contributed by atoms with van der Waals surface area (Å²) in [6.07, 6.45) is 4.97. The lowest BCUT2D eigenvalue weighted by Crippen LogP contribution is -2.24. The molecule has 4 heteroatoms. The Kier molecular flexibility index (Phi) is 5.52. The maximum absolute atomic E-state index is 4.83. The summed E-state index contributed by atoms with van der Waals surface area (Å²) in [4.78, 5) is 6.24. The van der Waals surface area contributed by atoms with Crippen LogP contribution in [0.15, 0.2) is 0 Å². The van der Waals surface area contributed by atoms with Gasteiger partial charge in [0, 0.05) is 10.9 Å². The van der Waals surface area contributed by atoms with E-state index < -0.39 is 0 Å². The van der Waals surface area contributed by atoms with Crippen LogP contribution in [0.3, 0.4) is 0 Å². The molecule has 1 fully saturated rings. The van der Waals surface area contributed by atoms with E-state index in [2.05, 4.69) is 26.1 Å². The van der Waals surface area contributed by atoms with Gasteiger partial charge in [0.2, 0.25) is 0 Å². The highest BCUT2D eigenvalue weighted by Gasteiger charge is 2.27. The summed E-state index contributed by atoms with van der Waals surface area (Å²) in [5.41, 5.74) is 1.29. The quantitative estimate of drug-likeness (QED) is 0.732. The van der Waals surface area contributed by atoms with Crippen LogP contribution in [0.2, 0.25) is 0 Å². The van der Waals surface area contributed by atoms with Crippen molar-refractivity contribution in [2.24, 2.45) is 0 Å². The molecular formula is C14H24N2S2. The fourth-order valence-electron chi connectivity index (χ4n) is 2.09. The minimum atomic E-state index is 0.487. The second kappa shape index (κ2) is 6.92. The van der Waals surface area contributed by atoms with Gasteiger partial charge in [-0.05, 0) is 44.1 Å². The van der Waals surface area contributed by atoms with Gasteiger partial charge in [-0.15, -0.1) is 11.3 Å². The molecule has 2 rings (SSSR count). The first-order valence-corrected chi connectivity index (χ1v) is 9.01. The Morgan fingerprint density at radius 1 is 1.44 bits per heavy atom. The minimum absolute atomic E-state index is 0.487. The van der Waals surface area contributed by atoms with Crippen molar-refractivity contribution in [3.8, 4) is 0 Å². The average molecular weight is 284 g/mol. The molecule has 1 aliphatic carbocycles. The second-order valence-corrected chi connectivity index (χ2v) is 7.52. The van der Waals surface area contributed by atoms with Crippen molar-refractivity contribution in [2.45, 2.75) is 58.5 Å². The summed E-state index contributed by atoms with van der Waals surface area (Å²) in [5, 5.41) is 5.08. The largest absolute Gasteiger partial charge is 0.305 e. The Hall–Kier alpha value is -0.0600. The van der Waals surface area contributed by atoms with Crippen molar-refractivity contribution >= 4 is 23.1 Å². The molecule has 0 bridgehead atoms. The zero-order valence-electron chi connectivity index (χ0n) is 11.7. The van der Waals surface area contributed by atoms with Gasteiger partial charge >= 0.3 is 0 Å². The molecule has 1 saturated carbocycles. The van der Waals surface area contributed by atoms with E-state index in [1.54, 1.807) is 0 Å². The molecular weight excluding hydrogens is 260 g/mol. The van der Waals surface area contributed by atoms with Crippen LogP contribution in [-0.4, -0.2) is 22.5 Å². The smallest absolute Gasteiger partial charge is 0.110 e. The van der Waals surface area contributed by atoms with E-state index in [0.717, 1.165) is 12.5 Å². The molecule has 1 heterocycles. The summed E-state index contributed by atoms with van der Waals surface area (Å²) in [6.45, 7) is 6.63.